The number of benzene rings is 2. The third-order valence-electron chi connectivity index (χ3n) is 4.01. The van der Waals surface area contributed by atoms with Gasteiger partial charge in [0.05, 0.1) is 12.0 Å². The number of hydrogen-bond donors (Lipinski definition) is 1. The molecule has 0 aliphatic carbocycles. The van der Waals surface area contributed by atoms with Gasteiger partial charge in [-0.05, 0) is 23.8 Å². The summed E-state index contributed by atoms with van der Waals surface area (Å²) in [4.78, 5) is 7.83. The van der Waals surface area contributed by atoms with Crippen LogP contribution in [0.5, 0.6) is 5.75 Å². The van der Waals surface area contributed by atoms with Gasteiger partial charge in [-0.15, -0.1) is 11.3 Å². The summed E-state index contributed by atoms with van der Waals surface area (Å²) in [5.41, 5.74) is 3.56. The summed E-state index contributed by atoms with van der Waals surface area (Å²) in [6.45, 7) is 1.51. The predicted molar refractivity (Wildman–Crippen MR) is 105 cm³/mol. The fraction of sp³-hybridized carbons (Fsp3) is 0.250. The first kappa shape index (κ1) is 17.5. The van der Waals surface area contributed by atoms with Gasteiger partial charge in [0.2, 0.25) is 0 Å². The van der Waals surface area contributed by atoms with E-state index in [-0.39, 0.29) is 0 Å². The Bertz CT molecular complexity index is 812. The lowest BCUT2D eigenvalue weighted by Gasteiger charge is -2.12. The SMILES string of the molecule is COc1ccccc1CNCc1ncc(-c2ccc(N(C)C)cc2)s1. The van der Waals surface area contributed by atoms with Gasteiger partial charge in [0.25, 0.3) is 0 Å². The Morgan fingerprint density at radius 1 is 1.04 bits per heavy atom. The van der Waals surface area contributed by atoms with E-state index in [1.165, 1.54) is 16.1 Å². The van der Waals surface area contributed by atoms with Crippen LogP contribution >= 0.6 is 11.3 Å². The number of anilines is 1. The molecule has 1 N–H and O–H groups in total. The predicted octanol–water partition coefficient (Wildman–Crippen LogP) is 4.17. The van der Waals surface area contributed by atoms with Crippen LogP contribution in [-0.4, -0.2) is 26.2 Å². The number of methoxy groups -OCH3 is 1. The maximum Gasteiger partial charge on any atom is 0.123 e. The van der Waals surface area contributed by atoms with Crippen molar-refractivity contribution in [3.63, 3.8) is 0 Å². The van der Waals surface area contributed by atoms with Crippen LogP contribution in [0.25, 0.3) is 10.4 Å². The van der Waals surface area contributed by atoms with E-state index in [9.17, 15) is 0 Å². The fourth-order valence-electron chi connectivity index (χ4n) is 2.60. The van der Waals surface area contributed by atoms with Gasteiger partial charge < -0.3 is 15.0 Å². The molecule has 4 nitrogen and oxygen atoms in total. The monoisotopic (exact) mass is 353 g/mol. The van der Waals surface area contributed by atoms with Gasteiger partial charge in [-0.25, -0.2) is 4.98 Å². The third-order valence-corrected chi connectivity index (χ3v) is 5.05. The number of hydrogen-bond acceptors (Lipinski definition) is 5. The minimum Gasteiger partial charge on any atom is -0.496 e. The summed E-state index contributed by atoms with van der Waals surface area (Å²) in [6.07, 6.45) is 1.95. The highest BCUT2D eigenvalue weighted by Gasteiger charge is 2.06. The fourth-order valence-corrected chi connectivity index (χ4v) is 3.50. The molecule has 0 aliphatic rings. The molecule has 0 fully saturated rings. The minimum atomic E-state index is 0.749. The minimum absolute atomic E-state index is 0.749. The van der Waals surface area contributed by atoms with Crippen LogP contribution in [-0.2, 0) is 13.1 Å². The quantitative estimate of drug-likeness (QED) is 0.692. The van der Waals surface area contributed by atoms with E-state index in [2.05, 4.69) is 45.5 Å². The Morgan fingerprint density at radius 3 is 2.52 bits per heavy atom. The van der Waals surface area contributed by atoms with E-state index in [4.69, 9.17) is 4.74 Å². The van der Waals surface area contributed by atoms with Crippen molar-refractivity contribution in [2.45, 2.75) is 13.1 Å². The second kappa shape index (κ2) is 8.14. The van der Waals surface area contributed by atoms with Crippen molar-refractivity contribution in [1.29, 1.82) is 0 Å². The van der Waals surface area contributed by atoms with Gasteiger partial charge in [-0.2, -0.15) is 0 Å². The van der Waals surface area contributed by atoms with Crippen molar-refractivity contribution in [3.05, 3.63) is 65.3 Å². The number of ether oxygens (including phenoxy) is 1. The molecule has 3 aromatic rings. The zero-order valence-corrected chi connectivity index (χ0v) is 15.6. The number of nitrogens with one attached hydrogen (secondary N) is 1. The molecule has 0 saturated heterocycles. The smallest absolute Gasteiger partial charge is 0.123 e. The van der Waals surface area contributed by atoms with Gasteiger partial charge in [-0.1, -0.05) is 30.3 Å². The Balaban J connectivity index is 1.60. The molecular weight excluding hydrogens is 330 g/mol. The zero-order valence-electron chi connectivity index (χ0n) is 14.8. The van der Waals surface area contributed by atoms with Crippen LogP contribution in [0.3, 0.4) is 0 Å². The molecular formula is C20H23N3OS. The highest BCUT2D eigenvalue weighted by molar-refractivity contribution is 7.15. The van der Waals surface area contributed by atoms with Gasteiger partial charge in [0, 0.05) is 44.6 Å². The first-order valence-corrected chi connectivity index (χ1v) is 9.04. The molecule has 0 radical (unpaired) electrons. The number of rotatable bonds is 7. The van der Waals surface area contributed by atoms with Crippen molar-refractivity contribution in [2.75, 3.05) is 26.1 Å². The lowest BCUT2D eigenvalue weighted by atomic mass is 10.2. The number of para-hydroxylation sites is 1. The summed E-state index contributed by atoms with van der Waals surface area (Å²) in [5, 5.41) is 4.53. The standard InChI is InChI=1S/C20H23N3OS/c1-23(2)17-10-8-15(9-11-17)19-13-22-20(25-19)14-21-12-16-6-4-5-7-18(16)24-3/h4-11,13,21H,12,14H2,1-3H3. The Labute approximate surface area is 153 Å². The average Bonchev–Trinajstić information content (AvgIpc) is 3.11. The maximum absolute atomic E-state index is 5.38. The van der Waals surface area contributed by atoms with Gasteiger partial charge in [0.1, 0.15) is 10.8 Å². The van der Waals surface area contributed by atoms with Crippen LogP contribution in [0.1, 0.15) is 10.6 Å². The molecule has 0 amide bonds. The largest absolute Gasteiger partial charge is 0.496 e. The zero-order chi connectivity index (χ0) is 17.6. The van der Waals surface area contributed by atoms with E-state index in [1.54, 1.807) is 18.4 Å². The molecule has 0 aliphatic heterocycles. The van der Waals surface area contributed by atoms with Gasteiger partial charge in [0.15, 0.2) is 0 Å². The first-order valence-electron chi connectivity index (χ1n) is 8.22. The topological polar surface area (TPSA) is 37.4 Å². The molecule has 0 bridgehead atoms. The van der Waals surface area contributed by atoms with Crippen molar-refractivity contribution < 1.29 is 4.74 Å². The molecule has 1 heterocycles. The van der Waals surface area contributed by atoms with Crippen LogP contribution in [0.4, 0.5) is 5.69 Å². The Morgan fingerprint density at radius 2 is 1.80 bits per heavy atom. The molecule has 2 aromatic carbocycles. The maximum atomic E-state index is 5.38. The molecule has 130 valence electrons. The molecule has 1 aromatic heterocycles. The molecule has 0 saturated carbocycles. The molecule has 25 heavy (non-hydrogen) atoms. The summed E-state index contributed by atoms with van der Waals surface area (Å²) >= 11 is 1.73. The number of aromatic nitrogens is 1. The second-order valence-electron chi connectivity index (χ2n) is 5.97. The van der Waals surface area contributed by atoms with Crippen molar-refractivity contribution in [3.8, 4) is 16.2 Å². The van der Waals surface area contributed by atoms with Crippen molar-refractivity contribution in [2.24, 2.45) is 0 Å². The molecule has 5 heteroatoms. The average molecular weight is 353 g/mol. The van der Waals surface area contributed by atoms with E-state index >= 15 is 0 Å². The summed E-state index contributed by atoms with van der Waals surface area (Å²) in [7, 11) is 5.80. The molecule has 0 atom stereocenters. The number of thiazole rings is 1. The summed E-state index contributed by atoms with van der Waals surface area (Å²) < 4.78 is 5.38. The van der Waals surface area contributed by atoms with Crippen LogP contribution in [0.2, 0.25) is 0 Å². The first-order chi connectivity index (χ1) is 12.2. The van der Waals surface area contributed by atoms with Crippen LogP contribution in [0.15, 0.2) is 54.7 Å². The van der Waals surface area contributed by atoms with E-state index in [1.807, 2.05) is 38.5 Å². The van der Waals surface area contributed by atoms with Crippen LogP contribution < -0.4 is 15.0 Å². The van der Waals surface area contributed by atoms with Gasteiger partial charge in [-0.3, -0.25) is 0 Å². The Hall–Kier alpha value is -2.37. The van der Waals surface area contributed by atoms with Crippen LogP contribution in [0, 0.1) is 0 Å². The summed E-state index contributed by atoms with van der Waals surface area (Å²) in [5.74, 6) is 0.913. The second-order valence-corrected chi connectivity index (χ2v) is 7.09. The number of nitrogens with zero attached hydrogens (tertiary/aromatic N) is 2. The lowest BCUT2D eigenvalue weighted by molar-refractivity contribution is 0.407. The van der Waals surface area contributed by atoms with E-state index in [0.29, 0.717) is 0 Å². The highest BCUT2D eigenvalue weighted by atomic mass is 32.1. The Kier molecular flexibility index (Phi) is 5.68. The third kappa shape index (κ3) is 4.38. The molecule has 0 unspecified atom stereocenters. The van der Waals surface area contributed by atoms with E-state index in [0.717, 1.165) is 29.4 Å². The van der Waals surface area contributed by atoms with Crippen molar-refractivity contribution in [1.82, 2.24) is 10.3 Å². The molecule has 0 spiro atoms. The highest BCUT2D eigenvalue weighted by Crippen LogP contribution is 2.27. The van der Waals surface area contributed by atoms with Gasteiger partial charge >= 0.3 is 0 Å². The van der Waals surface area contributed by atoms with E-state index < -0.39 is 0 Å². The van der Waals surface area contributed by atoms with Crippen molar-refractivity contribution >= 4 is 17.0 Å². The molecule has 3 rings (SSSR count). The lowest BCUT2D eigenvalue weighted by Crippen LogP contribution is -2.13. The summed E-state index contributed by atoms with van der Waals surface area (Å²) in [6, 6.07) is 16.6. The normalized spacial score (nSPS) is 10.7.